The summed E-state index contributed by atoms with van der Waals surface area (Å²) in [7, 11) is -1.84. The molecule has 1 atom stereocenters. The molecule has 2 rings (SSSR count). The van der Waals surface area contributed by atoms with Crippen LogP contribution in [0, 0.1) is 5.92 Å². The zero-order chi connectivity index (χ0) is 22.3. The molecular formula is C22H30N2O5S. The molecule has 30 heavy (non-hydrogen) atoms. The van der Waals surface area contributed by atoms with E-state index >= 15 is 0 Å². The van der Waals surface area contributed by atoms with Crippen molar-refractivity contribution in [2.45, 2.75) is 33.2 Å². The Morgan fingerprint density at radius 3 is 2.43 bits per heavy atom. The highest BCUT2D eigenvalue weighted by molar-refractivity contribution is 7.92. The molecule has 8 heteroatoms. The Hall–Kier alpha value is -2.74. The average molecular weight is 435 g/mol. The molecule has 1 amide bonds. The Kier molecular flexibility index (Phi) is 8.11. The number of methoxy groups -OCH3 is 1. The van der Waals surface area contributed by atoms with E-state index in [4.69, 9.17) is 9.47 Å². The Morgan fingerprint density at radius 1 is 1.07 bits per heavy atom. The molecule has 7 nitrogen and oxygen atoms in total. The number of rotatable bonds is 10. The second kappa shape index (κ2) is 10.3. The summed E-state index contributed by atoms with van der Waals surface area (Å²) in [6.07, 6.45) is 2.02. The van der Waals surface area contributed by atoms with Crippen molar-refractivity contribution in [3.05, 3.63) is 53.6 Å². The van der Waals surface area contributed by atoms with Crippen molar-refractivity contribution in [1.82, 2.24) is 5.32 Å². The first-order chi connectivity index (χ1) is 14.1. The Labute approximate surface area is 178 Å². The fourth-order valence-electron chi connectivity index (χ4n) is 2.78. The number of sulfonamides is 1. The molecule has 0 aliphatic rings. The maximum atomic E-state index is 12.7. The molecule has 0 aliphatic heterocycles. The predicted octanol–water partition coefficient (Wildman–Crippen LogP) is 3.98. The molecule has 0 aromatic heterocycles. The highest BCUT2D eigenvalue weighted by Gasteiger charge is 2.15. The van der Waals surface area contributed by atoms with Crippen LogP contribution in [0.3, 0.4) is 0 Å². The molecule has 0 aliphatic carbocycles. The zero-order valence-electron chi connectivity index (χ0n) is 18.1. The number of anilines is 1. The first kappa shape index (κ1) is 23.5. The fraction of sp³-hybridized carbons (Fsp3) is 0.409. The van der Waals surface area contributed by atoms with Crippen LogP contribution in [0.25, 0.3) is 0 Å². The van der Waals surface area contributed by atoms with Gasteiger partial charge in [0.1, 0.15) is 0 Å². The second-order valence-electron chi connectivity index (χ2n) is 7.59. The van der Waals surface area contributed by atoms with E-state index in [0.29, 0.717) is 35.3 Å². The summed E-state index contributed by atoms with van der Waals surface area (Å²) < 4.78 is 36.4. The van der Waals surface area contributed by atoms with Gasteiger partial charge in [0.25, 0.3) is 5.91 Å². The van der Waals surface area contributed by atoms with Crippen molar-refractivity contribution in [2.75, 3.05) is 24.7 Å². The summed E-state index contributed by atoms with van der Waals surface area (Å²) in [4.78, 5) is 12.7. The summed E-state index contributed by atoms with van der Waals surface area (Å²) in [5, 5.41) is 2.92. The van der Waals surface area contributed by atoms with Gasteiger partial charge in [-0.3, -0.25) is 9.52 Å². The van der Waals surface area contributed by atoms with Crippen molar-refractivity contribution in [3.8, 4) is 11.5 Å². The van der Waals surface area contributed by atoms with Gasteiger partial charge in [-0.1, -0.05) is 26.0 Å². The molecule has 2 aromatic rings. The van der Waals surface area contributed by atoms with Gasteiger partial charge in [-0.05, 0) is 55.2 Å². The lowest BCUT2D eigenvalue weighted by atomic mass is 10.1. The van der Waals surface area contributed by atoms with E-state index in [2.05, 4.69) is 23.9 Å². The third kappa shape index (κ3) is 7.26. The third-order valence-electron chi connectivity index (χ3n) is 4.42. The van der Waals surface area contributed by atoms with E-state index in [1.807, 2.05) is 13.0 Å². The van der Waals surface area contributed by atoms with Crippen LogP contribution >= 0.6 is 0 Å². The number of hydrogen-bond donors (Lipinski definition) is 2. The number of hydrogen-bond acceptors (Lipinski definition) is 5. The van der Waals surface area contributed by atoms with Gasteiger partial charge in [0.15, 0.2) is 11.5 Å². The van der Waals surface area contributed by atoms with E-state index < -0.39 is 10.0 Å². The molecule has 1 unspecified atom stereocenters. The minimum Gasteiger partial charge on any atom is -0.493 e. The lowest BCUT2D eigenvalue weighted by Gasteiger charge is -2.17. The van der Waals surface area contributed by atoms with Crippen LogP contribution in [0.2, 0.25) is 0 Å². The standard InChI is InChI=1S/C22H30N2O5S/c1-15(2)11-12-29-20-10-9-18(14-21(20)28-4)22(25)23-16(3)17-7-6-8-19(13-17)24-30(5,26)27/h6-10,13-16,24H,11-12H2,1-5H3,(H,23,25). The van der Waals surface area contributed by atoms with Crippen molar-refractivity contribution in [3.63, 3.8) is 0 Å². The molecule has 2 N–H and O–H groups in total. The largest absolute Gasteiger partial charge is 0.493 e. The second-order valence-corrected chi connectivity index (χ2v) is 9.34. The van der Waals surface area contributed by atoms with Gasteiger partial charge in [0.05, 0.1) is 26.0 Å². The first-order valence-corrected chi connectivity index (χ1v) is 11.7. The molecule has 0 bridgehead atoms. The van der Waals surface area contributed by atoms with Gasteiger partial charge in [-0.25, -0.2) is 8.42 Å². The summed E-state index contributed by atoms with van der Waals surface area (Å²) in [5.74, 6) is 1.37. The van der Waals surface area contributed by atoms with E-state index in [9.17, 15) is 13.2 Å². The highest BCUT2D eigenvalue weighted by Crippen LogP contribution is 2.29. The van der Waals surface area contributed by atoms with Crippen LogP contribution in [0.15, 0.2) is 42.5 Å². The van der Waals surface area contributed by atoms with E-state index in [0.717, 1.165) is 18.2 Å². The molecule has 2 aromatic carbocycles. The average Bonchev–Trinajstić information content (AvgIpc) is 2.66. The predicted molar refractivity (Wildman–Crippen MR) is 119 cm³/mol. The smallest absolute Gasteiger partial charge is 0.251 e. The Morgan fingerprint density at radius 2 is 1.80 bits per heavy atom. The molecule has 0 spiro atoms. The van der Waals surface area contributed by atoms with Gasteiger partial charge in [-0.15, -0.1) is 0 Å². The molecule has 0 saturated heterocycles. The van der Waals surface area contributed by atoms with Gasteiger partial charge in [-0.2, -0.15) is 0 Å². The first-order valence-electron chi connectivity index (χ1n) is 9.78. The number of ether oxygens (including phenoxy) is 2. The van der Waals surface area contributed by atoms with Crippen molar-refractivity contribution in [1.29, 1.82) is 0 Å². The van der Waals surface area contributed by atoms with Crippen LogP contribution in [-0.2, 0) is 10.0 Å². The normalized spacial score (nSPS) is 12.3. The molecule has 164 valence electrons. The van der Waals surface area contributed by atoms with Gasteiger partial charge >= 0.3 is 0 Å². The molecule has 0 saturated carbocycles. The van der Waals surface area contributed by atoms with Gasteiger partial charge in [0, 0.05) is 11.3 Å². The Bertz CT molecular complexity index is 973. The third-order valence-corrected chi connectivity index (χ3v) is 5.02. The molecular weight excluding hydrogens is 404 g/mol. The lowest BCUT2D eigenvalue weighted by molar-refractivity contribution is 0.0939. The van der Waals surface area contributed by atoms with Gasteiger partial charge < -0.3 is 14.8 Å². The number of carbonyl (C=O) groups excluding carboxylic acids is 1. The summed E-state index contributed by atoms with van der Waals surface area (Å²) in [6, 6.07) is 11.6. The van der Waals surface area contributed by atoms with E-state index in [-0.39, 0.29) is 11.9 Å². The monoisotopic (exact) mass is 434 g/mol. The van der Waals surface area contributed by atoms with Crippen LogP contribution in [-0.4, -0.2) is 34.3 Å². The number of benzene rings is 2. The van der Waals surface area contributed by atoms with Crippen LogP contribution < -0.4 is 19.5 Å². The summed E-state index contributed by atoms with van der Waals surface area (Å²) in [5.41, 5.74) is 1.67. The fourth-order valence-corrected chi connectivity index (χ4v) is 3.34. The molecule has 0 fully saturated rings. The van der Waals surface area contributed by atoms with Crippen LogP contribution in [0.1, 0.15) is 49.2 Å². The van der Waals surface area contributed by atoms with E-state index in [1.54, 1.807) is 36.4 Å². The van der Waals surface area contributed by atoms with Gasteiger partial charge in [0.2, 0.25) is 10.0 Å². The SMILES string of the molecule is COc1cc(C(=O)NC(C)c2cccc(NS(C)(=O)=O)c2)ccc1OCCC(C)C. The molecule has 0 heterocycles. The van der Waals surface area contributed by atoms with Crippen molar-refractivity contribution >= 4 is 21.6 Å². The molecule has 0 radical (unpaired) electrons. The number of amides is 1. The van der Waals surface area contributed by atoms with Crippen LogP contribution in [0.5, 0.6) is 11.5 Å². The summed E-state index contributed by atoms with van der Waals surface area (Å²) >= 11 is 0. The summed E-state index contributed by atoms with van der Waals surface area (Å²) in [6.45, 7) is 6.66. The Balaban J connectivity index is 2.09. The van der Waals surface area contributed by atoms with Crippen molar-refractivity contribution in [2.24, 2.45) is 5.92 Å². The van der Waals surface area contributed by atoms with E-state index in [1.165, 1.54) is 7.11 Å². The maximum absolute atomic E-state index is 12.7. The zero-order valence-corrected chi connectivity index (χ0v) is 18.9. The number of carbonyl (C=O) groups is 1. The highest BCUT2D eigenvalue weighted by atomic mass is 32.2. The lowest BCUT2D eigenvalue weighted by Crippen LogP contribution is -2.26. The minimum atomic E-state index is -3.37. The topological polar surface area (TPSA) is 93.7 Å². The maximum Gasteiger partial charge on any atom is 0.251 e. The minimum absolute atomic E-state index is 0.268. The van der Waals surface area contributed by atoms with Crippen molar-refractivity contribution < 1.29 is 22.7 Å². The van der Waals surface area contributed by atoms with Crippen LogP contribution in [0.4, 0.5) is 5.69 Å². The quantitative estimate of drug-likeness (QED) is 0.590. The number of nitrogens with one attached hydrogen (secondary N) is 2.